The van der Waals surface area contributed by atoms with Crippen LogP contribution in [0.25, 0.3) is 0 Å². The normalized spacial score (nSPS) is 13.4. The first-order chi connectivity index (χ1) is 12.4. The molecular formula is C18H19NO5S2. The van der Waals surface area contributed by atoms with E-state index in [2.05, 4.69) is 6.58 Å². The fraction of sp³-hybridized carbons (Fsp3) is 0.222. The second kappa shape index (κ2) is 8.77. The lowest BCUT2D eigenvalue weighted by atomic mass is 10.1. The predicted molar refractivity (Wildman–Crippen MR) is 100 cm³/mol. The average molecular weight is 393 g/mol. The molecule has 2 rings (SSSR count). The maximum atomic E-state index is 12.5. The van der Waals surface area contributed by atoms with E-state index in [9.17, 15) is 18.0 Å². The molecule has 8 heteroatoms. The molecule has 1 aromatic carbocycles. The Labute approximate surface area is 156 Å². The summed E-state index contributed by atoms with van der Waals surface area (Å²) in [6.07, 6.45) is 1.34. The maximum Gasteiger partial charge on any atom is 0.323 e. The molecule has 0 bridgehead atoms. The highest BCUT2D eigenvalue weighted by molar-refractivity contribution is 7.90. The van der Waals surface area contributed by atoms with Gasteiger partial charge in [-0.15, -0.1) is 17.9 Å². The third kappa shape index (κ3) is 4.80. The zero-order valence-corrected chi connectivity index (χ0v) is 15.8. The van der Waals surface area contributed by atoms with E-state index in [0.717, 1.165) is 0 Å². The van der Waals surface area contributed by atoms with E-state index in [1.54, 1.807) is 54.8 Å². The van der Waals surface area contributed by atoms with Gasteiger partial charge >= 0.3 is 5.97 Å². The second-order valence-electron chi connectivity index (χ2n) is 5.38. The molecule has 0 saturated heterocycles. The molecule has 1 heterocycles. The summed E-state index contributed by atoms with van der Waals surface area (Å²) >= 11 is 1.24. The molecule has 0 fully saturated rings. The Hall–Kier alpha value is -2.45. The van der Waals surface area contributed by atoms with Crippen molar-refractivity contribution < 1.29 is 22.7 Å². The van der Waals surface area contributed by atoms with Crippen LogP contribution >= 0.6 is 11.3 Å². The number of hydrogen-bond donors (Lipinski definition) is 1. The number of sulfonamides is 1. The van der Waals surface area contributed by atoms with E-state index in [-0.39, 0.29) is 12.2 Å². The van der Waals surface area contributed by atoms with Crippen molar-refractivity contribution in [2.24, 2.45) is 5.92 Å². The molecule has 2 aromatic rings. The molecular weight excluding hydrogens is 374 g/mol. The van der Waals surface area contributed by atoms with Gasteiger partial charge in [0.2, 0.25) is 15.9 Å². The number of amides is 1. The third-order valence-corrected chi connectivity index (χ3v) is 6.29. The topological polar surface area (TPSA) is 89.5 Å². The van der Waals surface area contributed by atoms with Crippen LogP contribution in [0.5, 0.6) is 5.75 Å². The number of carbonyl (C=O) groups excluding carboxylic acids is 2. The van der Waals surface area contributed by atoms with E-state index < -0.39 is 33.1 Å². The number of hydrogen-bond acceptors (Lipinski definition) is 6. The fourth-order valence-electron chi connectivity index (χ4n) is 2.26. The molecule has 6 nitrogen and oxygen atoms in total. The van der Waals surface area contributed by atoms with Crippen molar-refractivity contribution in [2.75, 3.05) is 0 Å². The van der Waals surface area contributed by atoms with Crippen molar-refractivity contribution in [2.45, 2.75) is 18.6 Å². The predicted octanol–water partition coefficient (Wildman–Crippen LogP) is 3.05. The van der Waals surface area contributed by atoms with Gasteiger partial charge in [-0.1, -0.05) is 37.3 Å². The van der Waals surface area contributed by atoms with Gasteiger partial charge in [0.05, 0.1) is 0 Å². The zero-order chi connectivity index (χ0) is 19.2. The van der Waals surface area contributed by atoms with Gasteiger partial charge < -0.3 is 4.74 Å². The summed E-state index contributed by atoms with van der Waals surface area (Å²) in [6, 6.07) is 11.6. The Morgan fingerprint density at radius 2 is 1.92 bits per heavy atom. The quantitative estimate of drug-likeness (QED) is 0.322. The lowest BCUT2D eigenvalue weighted by Crippen LogP contribution is -2.41. The zero-order valence-electron chi connectivity index (χ0n) is 14.1. The van der Waals surface area contributed by atoms with Crippen molar-refractivity contribution >= 4 is 33.2 Å². The minimum Gasteiger partial charge on any atom is -0.426 e. The highest BCUT2D eigenvalue weighted by Crippen LogP contribution is 2.27. The van der Waals surface area contributed by atoms with E-state index in [1.165, 1.54) is 17.4 Å². The monoisotopic (exact) mass is 393 g/mol. The van der Waals surface area contributed by atoms with Crippen LogP contribution in [-0.2, 0) is 19.6 Å². The van der Waals surface area contributed by atoms with Crippen LogP contribution < -0.4 is 9.46 Å². The van der Waals surface area contributed by atoms with E-state index in [0.29, 0.717) is 4.88 Å². The van der Waals surface area contributed by atoms with E-state index >= 15 is 0 Å². The molecule has 2 atom stereocenters. The van der Waals surface area contributed by atoms with Gasteiger partial charge in [0.15, 0.2) is 0 Å². The van der Waals surface area contributed by atoms with Crippen molar-refractivity contribution in [1.82, 2.24) is 4.72 Å². The number of nitrogens with one attached hydrogen (secondary N) is 1. The Morgan fingerprint density at radius 1 is 1.23 bits per heavy atom. The molecule has 0 saturated carbocycles. The van der Waals surface area contributed by atoms with E-state index in [4.69, 9.17) is 4.74 Å². The van der Waals surface area contributed by atoms with Crippen LogP contribution in [-0.4, -0.2) is 20.3 Å². The van der Waals surface area contributed by atoms with Crippen LogP contribution in [0.15, 0.2) is 60.5 Å². The Bertz CT molecular complexity index is 860. The van der Waals surface area contributed by atoms with Gasteiger partial charge in [0.25, 0.3) is 0 Å². The molecule has 0 aliphatic rings. The smallest absolute Gasteiger partial charge is 0.323 e. The van der Waals surface area contributed by atoms with Gasteiger partial charge in [-0.25, -0.2) is 8.42 Å². The summed E-state index contributed by atoms with van der Waals surface area (Å²) in [7, 11) is -4.07. The lowest BCUT2D eigenvalue weighted by Gasteiger charge is -2.17. The summed E-state index contributed by atoms with van der Waals surface area (Å²) in [5, 5.41) is 0.656. The minimum absolute atomic E-state index is 0.102. The highest BCUT2D eigenvalue weighted by atomic mass is 32.2. The molecule has 0 spiro atoms. The summed E-state index contributed by atoms with van der Waals surface area (Å²) in [5.74, 6) is -2.68. The molecule has 26 heavy (non-hydrogen) atoms. The van der Waals surface area contributed by atoms with Crippen molar-refractivity contribution in [3.05, 3.63) is 65.4 Å². The van der Waals surface area contributed by atoms with Crippen LogP contribution in [0.3, 0.4) is 0 Å². The fourth-order valence-corrected chi connectivity index (χ4v) is 4.69. The molecule has 2 unspecified atom stereocenters. The Balaban J connectivity index is 2.12. The Morgan fingerprint density at radius 3 is 2.46 bits per heavy atom. The number of benzene rings is 1. The van der Waals surface area contributed by atoms with Gasteiger partial charge in [-0.3, -0.25) is 14.3 Å². The van der Waals surface area contributed by atoms with E-state index in [1.807, 2.05) is 4.72 Å². The van der Waals surface area contributed by atoms with Crippen molar-refractivity contribution in [3.8, 4) is 5.75 Å². The summed E-state index contributed by atoms with van der Waals surface area (Å²) in [4.78, 5) is 25.2. The number of para-hydroxylation sites is 1. The first-order valence-corrected chi connectivity index (χ1v) is 10.3. The summed E-state index contributed by atoms with van der Waals surface area (Å²) in [6.45, 7) is 5.14. The number of rotatable bonds is 8. The number of esters is 1. The number of thiophene rings is 1. The molecule has 0 aliphatic heterocycles. The van der Waals surface area contributed by atoms with Crippen LogP contribution in [0.2, 0.25) is 0 Å². The van der Waals surface area contributed by atoms with Crippen molar-refractivity contribution in [3.63, 3.8) is 0 Å². The average Bonchev–Trinajstić information content (AvgIpc) is 3.10. The van der Waals surface area contributed by atoms with Crippen molar-refractivity contribution in [1.29, 1.82) is 0 Å². The first-order valence-electron chi connectivity index (χ1n) is 7.87. The highest BCUT2D eigenvalue weighted by Gasteiger charge is 2.33. The first kappa shape index (κ1) is 19.9. The standard InChI is InChI=1S/C18H19NO5S2/c1-3-14(18(21)24-13-9-6-5-7-10-13)17(20)19-26(22,23)16(4-2)15-11-8-12-25-15/h4-12,14,16H,2-3H2,1H3,(H,19,20). The third-order valence-electron chi connectivity index (χ3n) is 3.59. The van der Waals surface area contributed by atoms with Gasteiger partial charge in [-0.05, 0) is 30.0 Å². The molecule has 0 aliphatic carbocycles. The minimum atomic E-state index is -4.07. The number of carbonyl (C=O) groups is 2. The summed E-state index contributed by atoms with van der Waals surface area (Å²) < 4.78 is 32.2. The van der Waals surface area contributed by atoms with Gasteiger partial charge in [0, 0.05) is 4.88 Å². The molecule has 0 radical (unpaired) electrons. The largest absolute Gasteiger partial charge is 0.426 e. The summed E-state index contributed by atoms with van der Waals surface area (Å²) in [5.41, 5.74) is 0. The second-order valence-corrected chi connectivity index (χ2v) is 8.16. The lowest BCUT2D eigenvalue weighted by molar-refractivity contribution is -0.144. The molecule has 1 amide bonds. The maximum absolute atomic E-state index is 12.5. The van der Waals surface area contributed by atoms with Crippen LogP contribution in [0, 0.1) is 5.92 Å². The van der Waals surface area contributed by atoms with Crippen LogP contribution in [0.1, 0.15) is 23.5 Å². The van der Waals surface area contributed by atoms with Gasteiger partial charge in [0.1, 0.15) is 16.9 Å². The van der Waals surface area contributed by atoms with Crippen LogP contribution in [0.4, 0.5) is 0 Å². The molecule has 1 aromatic heterocycles. The Kier molecular flexibility index (Phi) is 6.70. The van der Waals surface area contributed by atoms with Gasteiger partial charge in [-0.2, -0.15) is 0 Å². The molecule has 1 N–H and O–H groups in total. The number of ether oxygens (including phenoxy) is 1. The molecule has 138 valence electrons. The SMILES string of the molecule is C=CC(c1cccs1)S(=O)(=O)NC(=O)C(CC)C(=O)Oc1ccccc1.